The Kier molecular flexibility index (Phi) is 6.05. The summed E-state index contributed by atoms with van der Waals surface area (Å²) in [7, 11) is 0. The summed E-state index contributed by atoms with van der Waals surface area (Å²) in [5, 5.41) is 4.79. The van der Waals surface area contributed by atoms with E-state index in [-0.39, 0.29) is 24.5 Å². The van der Waals surface area contributed by atoms with Crippen molar-refractivity contribution >= 4 is 35.0 Å². The normalized spacial score (nSPS) is 14.2. The van der Waals surface area contributed by atoms with Gasteiger partial charge in [0.1, 0.15) is 12.4 Å². The van der Waals surface area contributed by atoms with E-state index in [9.17, 15) is 23.6 Å². The first-order chi connectivity index (χ1) is 12.3. The van der Waals surface area contributed by atoms with Gasteiger partial charge in [0.25, 0.3) is 0 Å². The third-order valence-corrected chi connectivity index (χ3v) is 3.81. The Morgan fingerprint density at radius 2 is 1.85 bits per heavy atom. The molecule has 0 radical (unpaired) electrons. The predicted molar refractivity (Wildman–Crippen MR) is 92.7 cm³/mol. The molecular formula is C17H19FN4O4. The number of carbonyl (C=O) groups excluding carboxylic acids is 4. The van der Waals surface area contributed by atoms with Crippen LogP contribution >= 0.6 is 0 Å². The number of rotatable bonds is 6. The van der Waals surface area contributed by atoms with Gasteiger partial charge in [0, 0.05) is 25.3 Å². The zero-order valence-corrected chi connectivity index (χ0v) is 14.3. The maximum absolute atomic E-state index is 13.7. The second kappa shape index (κ2) is 8.24. The van der Waals surface area contributed by atoms with E-state index in [0.717, 1.165) is 17.0 Å². The van der Waals surface area contributed by atoms with Crippen LogP contribution < -0.4 is 10.6 Å². The standard InChI is InChI=1S/C17H19FN4O4/c1-3-14(23)20-13-9-11(5-6-12(13)18)19-15(24)10-22-8-7-21(4-2)16(25)17(22)26/h3,5-6,9H,1,4,7-8,10H2,2H3,(H,19,24)(H,20,23). The van der Waals surface area contributed by atoms with Gasteiger partial charge in [-0.1, -0.05) is 6.58 Å². The SMILES string of the molecule is C=CC(=O)Nc1cc(NC(=O)CN2CCN(CC)C(=O)C2=O)ccc1F. The van der Waals surface area contributed by atoms with Crippen LogP contribution in [-0.4, -0.2) is 59.6 Å². The number of piperazine rings is 1. The van der Waals surface area contributed by atoms with Crippen molar-refractivity contribution in [1.82, 2.24) is 9.80 Å². The molecule has 9 heteroatoms. The lowest BCUT2D eigenvalue weighted by molar-refractivity contribution is -0.156. The van der Waals surface area contributed by atoms with Crippen LogP contribution in [0.4, 0.5) is 15.8 Å². The van der Waals surface area contributed by atoms with Crippen LogP contribution in [0.2, 0.25) is 0 Å². The van der Waals surface area contributed by atoms with Crippen molar-refractivity contribution in [3.8, 4) is 0 Å². The molecule has 0 atom stereocenters. The van der Waals surface area contributed by atoms with Gasteiger partial charge in [0.05, 0.1) is 5.69 Å². The van der Waals surface area contributed by atoms with Crippen LogP contribution in [0.5, 0.6) is 0 Å². The van der Waals surface area contributed by atoms with Gasteiger partial charge in [0.2, 0.25) is 11.8 Å². The van der Waals surface area contributed by atoms with Crippen molar-refractivity contribution in [1.29, 1.82) is 0 Å². The molecule has 8 nitrogen and oxygen atoms in total. The molecule has 4 amide bonds. The molecule has 1 aliphatic rings. The molecule has 1 heterocycles. The van der Waals surface area contributed by atoms with Gasteiger partial charge in [-0.05, 0) is 31.2 Å². The highest BCUT2D eigenvalue weighted by Gasteiger charge is 2.32. The molecular weight excluding hydrogens is 343 g/mol. The molecule has 26 heavy (non-hydrogen) atoms. The molecule has 0 bridgehead atoms. The summed E-state index contributed by atoms with van der Waals surface area (Å²) in [6.07, 6.45) is 0.989. The Hall–Kier alpha value is -3.23. The average molecular weight is 362 g/mol. The molecule has 2 rings (SSSR count). The molecule has 0 aliphatic carbocycles. The number of nitrogens with zero attached hydrogens (tertiary/aromatic N) is 2. The van der Waals surface area contributed by atoms with Gasteiger partial charge < -0.3 is 20.4 Å². The first-order valence-electron chi connectivity index (χ1n) is 7.96. The third kappa shape index (κ3) is 4.44. The minimum atomic E-state index is -0.730. The Morgan fingerprint density at radius 1 is 1.19 bits per heavy atom. The Bertz CT molecular complexity index is 765. The molecule has 0 spiro atoms. The predicted octanol–water partition coefficient (Wildman–Crippen LogP) is 0.579. The van der Waals surface area contributed by atoms with E-state index in [1.807, 2.05) is 0 Å². The highest BCUT2D eigenvalue weighted by Crippen LogP contribution is 2.20. The fraction of sp³-hybridized carbons (Fsp3) is 0.294. The van der Waals surface area contributed by atoms with E-state index >= 15 is 0 Å². The zero-order valence-electron chi connectivity index (χ0n) is 14.3. The van der Waals surface area contributed by atoms with Gasteiger partial charge in [-0.3, -0.25) is 19.2 Å². The van der Waals surface area contributed by atoms with Gasteiger partial charge in [0.15, 0.2) is 0 Å². The third-order valence-electron chi connectivity index (χ3n) is 3.81. The summed E-state index contributed by atoms with van der Waals surface area (Å²) in [5.74, 6) is -3.17. The molecule has 0 saturated carbocycles. The van der Waals surface area contributed by atoms with Crippen molar-refractivity contribution in [2.45, 2.75) is 6.92 Å². The lowest BCUT2D eigenvalue weighted by Gasteiger charge is -2.32. The second-order valence-corrected chi connectivity index (χ2v) is 5.55. The van der Waals surface area contributed by atoms with Crippen LogP contribution in [-0.2, 0) is 19.2 Å². The number of nitrogens with one attached hydrogen (secondary N) is 2. The number of benzene rings is 1. The van der Waals surface area contributed by atoms with E-state index in [0.29, 0.717) is 13.1 Å². The minimum Gasteiger partial charge on any atom is -0.333 e. The fourth-order valence-corrected chi connectivity index (χ4v) is 2.42. The van der Waals surface area contributed by atoms with E-state index in [2.05, 4.69) is 17.2 Å². The maximum Gasteiger partial charge on any atom is 0.312 e. The summed E-state index contributed by atoms with van der Waals surface area (Å²) in [4.78, 5) is 49.8. The highest BCUT2D eigenvalue weighted by molar-refractivity contribution is 6.35. The largest absolute Gasteiger partial charge is 0.333 e. The number of likely N-dealkylation sites (N-methyl/N-ethyl adjacent to an activating group) is 1. The number of hydrogen-bond acceptors (Lipinski definition) is 4. The Morgan fingerprint density at radius 3 is 2.50 bits per heavy atom. The molecule has 1 saturated heterocycles. The van der Waals surface area contributed by atoms with Crippen molar-refractivity contribution in [3.63, 3.8) is 0 Å². The first-order valence-corrected chi connectivity index (χ1v) is 7.96. The van der Waals surface area contributed by atoms with Crippen LogP contribution in [0, 0.1) is 5.82 Å². The first kappa shape index (κ1) is 19.1. The molecule has 0 unspecified atom stereocenters. The minimum absolute atomic E-state index is 0.115. The molecule has 138 valence electrons. The average Bonchev–Trinajstić information content (AvgIpc) is 2.62. The van der Waals surface area contributed by atoms with E-state index in [1.54, 1.807) is 6.92 Å². The van der Waals surface area contributed by atoms with Crippen molar-refractivity contribution < 1.29 is 23.6 Å². The van der Waals surface area contributed by atoms with Gasteiger partial charge in [-0.25, -0.2) is 4.39 Å². The molecule has 1 aromatic rings. The summed E-state index contributed by atoms with van der Waals surface area (Å²) >= 11 is 0. The number of hydrogen-bond donors (Lipinski definition) is 2. The van der Waals surface area contributed by atoms with Crippen LogP contribution in [0.1, 0.15) is 6.92 Å². The number of amides is 4. The molecule has 1 fully saturated rings. The Balaban J connectivity index is 2.01. The van der Waals surface area contributed by atoms with Crippen molar-refractivity contribution in [3.05, 3.63) is 36.7 Å². The van der Waals surface area contributed by atoms with Crippen molar-refractivity contribution in [2.24, 2.45) is 0 Å². The van der Waals surface area contributed by atoms with Crippen LogP contribution in [0.25, 0.3) is 0 Å². The maximum atomic E-state index is 13.7. The van der Waals surface area contributed by atoms with Gasteiger partial charge in [-0.2, -0.15) is 0 Å². The quantitative estimate of drug-likeness (QED) is 0.571. The fourth-order valence-electron chi connectivity index (χ4n) is 2.42. The van der Waals surface area contributed by atoms with E-state index < -0.39 is 29.4 Å². The summed E-state index contributed by atoms with van der Waals surface area (Å²) in [6, 6.07) is 3.65. The number of anilines is 2. The van der Waals surface area contributed by atoms with Crippen molar-refractivity contribution in [2.75, 3.05) is 36.8 Å². The van der Waals surface area contributed by atoms with Crippen LogP contribution in [0.3, 0.4) is 0 Å². The summed E-state index contributed by atoms with van der Waals surface area (Å²) in [5.41, 5.74) is 0.122. The lowest BCUT2D eigenvalue weighted by Crippen LogP contribution is -2.55. The Labute approximate surface area is 149 Å². The van der Waals surface area contributed by atoms with E-state index in [1.165, 1.54) is 17.0 Å². The smallest absolute Gasteiger partial charge is 0.312 e. The second-order valence-electron chi connectivity index (χ2n) is 5.55. The topological polar surface area (TPSA) is 98.8 Å². The van der Waals surface area contributed by atoms with Crippen LogP contribution in [0.15, 0.2) is 30.9 Å². The molecule has 0 aromatic heterocycles. The number of halogens is 1. The monoisotopic (exact) mass is 362 g/mol. The summed E-state index contributed by atoms with van der Waals surface area (Å²) in [6.45, 7) is 5.80. The van der Waals surface area contributed by atoms with Gasteiger partial charge >= 0.3 is 11.8 Å². The molecule has 2 N–H and O–H groups in total. The number of carbonyl (C=O) groups is 4. The zero-order chi connectivity index (χ0) is 19.3. The lowest BCUT2D eigenvalue weighted by atomic mass is 10.2. The summed E-state index contributed by atoms with van der Waals surface area (Å²) < 4.78 is 13.7. The van der Waals surface area contributed by atoms with Gasteiger partial charge in [-0.15, -0.1) is 0 Å². The highest BCUT2D eigenvalue weighted by atomic mass is 19.1. The molecule has 1 aromatic carbocycles. The van der Waals surface area contributed by atoms with E-state index in [4.69, 9.17) is 0 Å². The molecule has 1 aliphatic heterocycles.